The van der Waals surface area contributed by atoms with Crippen LogP contribution in [0.5, 0.6) is 0 Å². The molecule has 0 aliphatic heterocycles. The molecule has 0 bridgehead atoms. The lowest BCUT2D eigenvalue weighted by molar-refractivity contribution is -0.384. The molecular formula is C18H15N5O3S. The summed E-state index contributed by atoms with van der Waals surface area (Å²) in [6.07, 6.45) is 0. The Hall–Kier alpha value is -3.46. The van der Waals surface area contributed by atoms with Crippen LogP contribution in [0.3, 0.4) is 0 Å². The van der Waals surface area contributed by atoms with E-state index in [0.29, 0.717) is 21.0 Å². The fraction of sp³-hybridized carbons (Fsp3) is 0.111. The predicted molar refractivity (Wildman–Crippen MR) is 105 cm³/mol. The Morgan fingerprint density at radius 3 is 2.63 bits per heavy atom. The summed E-state index contributed by atoms with van der Waals surface area (Å²) in [5, 5.41) is 14.5. The third-order valence-corrected chi connectivity index (χ3v) is 5.30. The molecular weight excluding hydrogens is 366 g/mol. The second-order valence-electron chi connectivity index (χ2n) is 5.99. The van der Waals surface area contributed by atoms with Crippen molar-refractivity contribution in [3.05, 3.63) is 74.7 Å². The lowest BCUT2D eigenvalue weighted by Gasteiger charge is -2.07. The Bertz CT molecular complexity index is 1220. The summed E-state index contributed by atoms with van der Waals surface area (Å²) in [4.78, 5) is 27.9. The highest BCUT2D eigenvalue weighted by Gasteiger charge is 2.18. The number of anilines is 2. The van der Waals surface area contributed by atoms with E-state index in [2.05, 4.69) is 10.3 Å². The summed E-state index contributed by atoms with van der Waals surface area (Å²) >= 11 is 1.27. The number of thiazole rings is 1. The quantitative estimate of drug-likeness (QED) is 0.429. The Morgan fingerprint density at radius 1 is 1.19 bits per heavy atom. The highest BCUT2D eigenvalue weighted by atomic mass is 32.1. The van der Waals surface area contributed by atoms with Crippen molar-refractivity contribution in [3.63, 3.8) is 0 Å². The van der Waals surface area contributed by atoms with Crippen molar-refractivity contribution in [2.75, 3.05) is 5.32 Å². The molecule has 9 heteroatoms. The van der Waals surface area contributed by atoms with Crippen LogP contribution < -0.4 is 10.9 Å². The van der Waals surface area contributed by atoms with E-state index in [1.165, 1.54) is 23.5 Å². The predicted octanol–water partition coefficient (Wildman–Crippen LogP) is 3.75. The van der Waals surface area contributed by atoms with Crippen LogP contribution >= 0.6 is 11.3 Å². The van der Waals surface area contributed by atoms with Crippen LogP contribution in [-0.4, -0.2) is 19.3 Å². The first kappa shape index (κ1) is 17.0. The van der Waals surface area contributed by atoms with E-state index in [-0.39, 0.29) is 11.2 Å². The van der Waals surface area contributed by atoms with Crippen molar-refractivity contribution in [3.8, 4) is 5.69 Å². The minimum atomic E-state index is -0.438. The van der Waals surface area contributed by atoms with E-state index in [1.54, 1.807) is 15.4 Å². The summed E-state index contributed by atoms with van der Waals surface area (Å²) in [5.74, 6) is 0. The standard InChI is InChI=1S/C18H15N5O3S/c1-11-16(17(24)22(21(11)2)12-6-4-3-5-7-12)20-18-19-14-9-8-13(23(25)26)10-15(14)27-18/h3-10H,1-2H3,(H,19,20). The largest absolute Gasteiger partial charge is 0.325 e. The molecule has 0 radical (unpaired) electrons. The number of nitrogens with one attached hydrogen (secondary N) is 1. The van der Waals surface area contributed by atoms with Crippen molar-refractivity contribution in [1.29, 1.82) is 0 Å². The van der Waals surface area contributed by atoms with Crippen LogP contribution in [0.25, 0.3) is 15.9 Å². The monoisotopic (exact) mass is 381 g/mol. The first-order valence-electron chi connectivity index (χ1n) is 8.12. The van der Waals surface area contributed by atoms with Gasteiger partial charge in [0, 0.05) is 19.2 Å². The van der Waals surface area contributed by atoms with Gasteiger partial charge in [0.05, 0.1) is 26.5 Å². The maximum atomic E-state index is 12.9. The van der Waals surface area contributed by atoms with E-state index in [0.717, 1.165) is 11.4 Å². The first-order chi connectivity index (χ1) is 13.0. The summed E-state index contributed by atoms with van der Waals surface area (Å²) in [6.45, 7) is 1.85. The van der Waals surface area contributed by atoms with Crippen molar-refractivity contribution < 1.29 is 4.92 Å². The molecule has 0 spiro atoms. The summed E-state index contributed by atoms with van der Waals surface area (Å²) in [7, 11) is 1.82. The Labute approximate surface area is 157 Å². The molecule has 0 aliphatic rings. The zero-order valence-electron chi connectivity index (χ0n) is 14.5. The van der Waals surface area contributed by atoms with Crippen molar-refractivity contribution >= 4 is 38.1 Å². The van der Waals surface area contributed by atoms with Gasteiger partial charge in [0.2, 0.25) is 0 Å². The van der Waals surface area contributed by atoms with Gasteiger partial charge in [0.25, 0.3) is 11.2 Å². The molecule has 0 amide bonds. The zero-order valence-corrected chi connectivity index (χ0v) is 15.4. The lowest BCUT2D eigenvalue weighted by atomic mass is 10.3. The topological polar surface area (TPSA) is 95.0 Å². The SMILES string of the molecule is Cc1c(Nc2nc3ccc([N+](=O)[O-])cc3s2)c(=O)n(-c2ccccc2)n1C. The smallest absolute Gasteiger partial charge is 0.295 e. The van der Waals surface area contributed by atoms with Crippen LogP contribution in [0.4, 0.5) is 16.5 Å². The molecule has 4 rings (SSSR count). The van der Waals surface area contributed by atoms with Gasteiger partial charge < -0.3 is 5.32 Å². The van der Waals surface area contributed by atoms with Crippen LogP contribution in [-0.2, 0) is 7.05 Å². The lowest BCUT2D eigenvalue weighted by Crippen LogP contribution is -2.20. The number of aromatic nitrogens is 3. The number of non-ortho nitro benzene ring substituents is 1. The molecule has 0 aliphatic carbocycles. The van der Waals surface area contributed by atoms with E-state index < -0.39 is 4.92 Å². The number of rotatable bonds is 4. The molecule has 27 heavy (non-hydrogen) atoms. The fourth-order valence-corrected chi connectivity index (χ4v) is 3.80. The molecule has 2 aromatic carbocycles. The van der Waals surface area contributed by atoms with E-state index >= 15 is 0 Å². The summed E-state index contributed by atoms with van der Waals surface area (Å²) < 4.78 is 4.04. The second-order valence-corrected chi connectivity index (χ2v) is 7.02. The number of hydrogen-bond donors (Lipinski definition) is 1. The molecule has 0 unspecified atom stereocenters. The first-order valence-corrected chi connectivity index (χ1v) is 8.93. The molecule has 0 fully saturated rings. The molecule has 2 aromatic heterocycles. The fourth-order valence-electron chi connectivity index (χ4n) is 2.90. The van der Waals surface area contributed by atoms with Gasteiger partial charge in [0.15, 0.2) is 5.13 Å². The summed E-state index contributed by atoms with van der Waals surface area (Å²) in [6, 6.07) is 13.9. The molecule has 8 nitrogen and oxygen atoms in total. The van der Waals surface area contributed by atoms with Gasteiger partial charge in [-0.3, -0.25) is 19.6 Å². The van der Waals surface area contributed by atoms with E-state index in [4.69, 9.17) is 0 Å². The molecule has 0 saturated heterocycles. The molecule has 4 aromatic rings. The average Bonchev–Trinajstić information content (AvgIpc) is 3.16. The number of nitro benzene ring substituents is 1. The van der Waals surface area contributed by atoms with Gasteiger partial charge in [-0.05, 0) is 25.1 Å². The van der Waals surface area contributed by atoms with Gasteiger partial charge in [0.1, 0.15) is 5.69 Å². The second kappa shape index (κ2) is 6.36. The molecule has 2 heterocycles. The van der Waals surface area contributed by atoms with Crippen LogP contribution in [0.15, 0.2) is 53.3 Å². The zero-order chi connectivity index (χ0) is 19.1. The highest BCUT2D eigenvalue weighted by Crippen LogP contribution is 2.31. The van der Waals surface area contributed by atoms with Gasteiger partial charge in [-0.25, -0.2) is 9.67 Å². The molecule has 0 atom stereocenters. The minimum Gasteiger partial charge on any atom is -0.325 e. The average molecular weight is 381 g/mol. The Kier molecular flexibility index (Phi) is 4.00. The maximum Gasteiger partial charge on any atom is 0.295 e. The van der Waals surface area contributed by atoms with Crippen LogP contribution in [0.1, 0.15) is 5.69 Å². The van der Waals surface area contributed by atoms with Crippen molar-refractivity contribution in [2.24, 2.45) is 7.05 Å². The van der Waals surface area contributed by atoms with Gasteiger partial charge >= 0.3 is 0 Å². The highest BCUT2D eigenvalue weighted by molar-refractivity contribution is 7.22. The van der Waals surface area contributed by atoms with Crippen molar-refractivity contribution in [1.82, 2.24) is 14.3 Å². The van der Waals surface area contributed by atoms with E-state index in [9.17, 15) is 14.9 Å². The number of fused-ring (bicyclic) bond motifs is 1. The van der Waals surface area contributed by atoms with Gasteiger partial charge in [-0.15, -0.1) is 0 Å². The number of para-hydroxylation sites is 1. The minimum absolute atomic E-state index is 0.0139. The Balaban J connectivity index is 1.76. The normalized spacial score (nSPS) is 11.0. The molecule has 0 saturated carbocycles. The molecule has 1 N–H and O–H groups in total. The Morgan fingerprint density at radius 2 is 1.93 bits per heavy atom. The maximum absolute atomic E-state index is 12.9. The third kappa shape index (κ3) is 2.87. The van der Waals surface area contributed by atoms with Crippen LogP contribution in [0, 0.1) is 17.0 Å². The number of hydrogen-bond acceptors (Lipinski definition) is 6. The number of nitrogens with zero attached hydrogens (tertiary/aromatic N) is 4. The van der Waals surface area contributed by atoms with Gasteiger partial charge in [-0.1, -0.05) is 29.5 Å². The van der Waals surface area contributed by atoms with E-state index in [1.807, 2.05) is 44.3 Å². The van der Waals surface area contributed by atoms with Gasteiger partial charge in [-0.2, -0.15) is 0 Å². The third-order valence-electron chi connectivity index (χ3n) is 4.37. The van der Waals surface area contributed by atoms with Crippen LogP contribution in [0.2, 0.25) is 0 Å². The molecule has 136 valence electrons. The number of nitro groups is 1. The number of benzene rings is 2. The van der Waals surface area contributed by atoms with Crippen molar-refractivity contribution in [2.45, 2.75) is 6.92 Å². The summed E-state index contributed by atoms with van der Waals surface area (Å²) in [5.41, 5.74) is 2.42.